The summed E-state index contributed by atoms with van der Waals surface area (Å²) in [6.45, 7) is 5.20. The van der Waals surface area contributed by atoms with Crippen LogP contribution in [0.4, 0.5) is 0 Å². The number of rotatable bonds is 7. The highest BCUT2D eigenvalue weighted by Crippen LogP contribution is 2.40. The van der Waals surface area contributed by atoms with Gasteiger partial charge in [-0.05, 0) is 31.7 Å². The van der Waals surface area contributed by atoms with Crippen LogP contribution >= 0.6 is 0 Å². The van der Waals surface area contributed by atoms with Crippen molar-refractivity contribution >= 4 is 0 Å². The molecule has 1 aliphatic rings. The maximum Gasteiger partial charge on any atom is 0.243 e. The third-order valence-corrected chi connectivity index (χ3v) is 5.02. The van der Waals surface area contributed by atoms with Gasteiger partial charge in [-0.25, -0.2) is 0 Å². The van der Waals surface area contributed by atoms with Crippen LogP contribution in [0.3, 0.4) is 0 Å². The van der Waals surface area contributed by atoms with E-state index in [1.54, 1.807) is 0 Å². The Morgan fingerprint density at radius 3 is 2.65 bits per heavy atom. The standard InChI is InChI=1S/C19H27N3O/c1-3-9-17-21-18(23-22-17)15(2)20-14-19(12-7-8-13-19)16-10-5-4-6-11-16/h4-6,10-11,15,20H,3,7-9,12-14H2,1-2H3. The van der Waals surface area contributed by atoms with Crippen LogP contribution in [0.5, 0.6) is 0 Å². The minimum atomic E-state index is 0.0919. The summed E-state index contributed by atoms with van der Waals surface area (Å²) in [5, 5.41) is 7.70. The van der Waals surface area contributed by atoms with Crippen molar-refractivity contribution in [2.75, 3.05) is 6.54 Å². The van der Waals surface area contributed by atoms with E-state index in [9.17, 15) is 0 Å². The molecule has 2 aromatic rings. The van der Waals surface area contributed by atoms with Gasteiger partial charge in [0.2, 0.25) is 5.89 Å². The molecule has 124 valence electrons. The molecule has 0 radical (unpaired) electrons. The Hall–Kier alpha value is -1.68. The van der Waals surface area contributed by atoms with E-state index in [0.717, 1.165) is 25.2 Å². The van der Waals surface area contributed by atoms with Crippen LogP contribution in [0.2, 0.25) is 0 Å². The number of aryl methyl sites for hydroxylation is 1. The van der Waals surface area contributed by atoms with Gasteiger partial charge in [0.15, 0.2) is 5.82 Å². The second kappa shape index (κ2) is 7.26. The fraction of sp³-hybridized carbons (Fsp3) is 0.579. The van der Waals surface area contributed by atoms with Crippen molar-refractivity contribution in [3.63, 3.8) is 0 Å². The van der Waals surface area contributed by atoms with Crippen molar-refractivity contribution in [3.8, 4) is 0 Å². The minimum absolute atomic E-state index is 0.0919. The van der Waals surface area contributed by atoms with E-state index >= 15 is 0 Å². The van der Waals surface area contributed by atoms with Gasteiger partial charge in [0.1, 0.15) is 0 Å². The lowest BCUT2D eigenvalue weighted by atomic mass is 9.78. The molecular weight excluding hydrogens is 286 g/mol. The van der Waals surface area contributed by atoms with Crippen molar-refractivity contribution in [1.82, 2.24) is 15.5 Å². The third-order valence-electron chi connectivity index (χ3n) is 5.02. The summed E-state index contributed by atoms with van der Waals surface area (Å²) in [7, 11) is 0. The van der Waals surface area contributed by atoms with E-state index < -0.39 is 0 Å². The number of benzene rings is 1. The molecule has 3 rings (SSSR count). The number of aromatic nitrogens is 2. The zero-order valence-electron chi connectivity index (χ0n) is 14.2. The summed E-state index contributed by atoms with van der Waals surface area (Å²) < 4.78 is 5.41. The Morgan fingerprint density at radius 2 is 1.96 bits per heavy atom. The molecule has 1 aromatic heterocycles. The molecule has 1 unspecified atom stereocenters. The van der Waals surface area contributed by atoms with Crippen molar-refractivity contribution in [1.29, 1.82) is 0 Å². The summed E-state index contributed by atoms with van der Waals surface area (Å²) >= 11 is 0. The third kappa shape index (κ3) is 3.63. The van der Waals surface area contributed by atoms with Gasteiger partial charge in [0.25, 0.3) is 0 Å². The number of hydrogen-bond acceptors (Lipinski definition) is 4. The van der Waals surface area contributed by atoms with E-state index in [2.05, 4.69) is 59.6 Å². The van der Waals surface area contributed by atoms with Gasteiger partial charge >= 0.3 is 0 Å². The highest BCUT2D eigenvalue weighted by Gasteiger charge is 2.35. The van der Waals surface area contributed by atoms with Gasteiger partial charge in [-0.3, -0.25) is 0 Å². The summed E-state index contributed by atoms with van der Waals surface area (Å²) in [6.07, 6.45) is 7.05. The molecule has 1 heterocycles. The molecular formula is C19H27N3O. The van der Waals surface area contributed by atoms with Crippen LogP contribution in [0.1, 0.15) is 69.3 Å². The van der Waals surface area contributed by atoms with Crippen LogP contribution in [0.15, 0.2) is 34.9 Å². The second-order valence-electron chi connectivity index (χ2n) is 6.75. The minimum Gasteiger partial charge on any atom is -0.338 e. The first-order valence-corrected chi connectivity index (χ1v) is 8.85. The second-order valence-corrected chi connectivity index (χ2v) is 6.75. The van der Waals surface area contributed by atoms with E-state index in [0.29, 0.717) is 5.89 Å². The Bertz CT molecular complexity index is 602. The van der Waals surface area contributed by atoms with Crippen LogP contribution in [-0.4, -0.2) is 16.7 Å². The molecule has 4 nitrogen and oxygen atoms in total. The largest absolute Gasteiger partial charge is 0.338 e. The van der Waals surface area contributed by atoms with Crippen molar-refractivity contribution in [2.24, 2.45) is 0 Å². The maximum absolute atomic E-state index is 5.41. The molecule has 0 amide bonds. The Kier molecular flexibility index (Phi) is 5.11. The zero-order valence-corrected chi connectivity index (χ0v) is 14.2. The Labute approximate surface area is 138 Å². The summed E-state index contributed by atoms with van der Waals surface area (Å²) in [6, 6.07) is 11.0. The average Bonchev–Trinajstić information content (AvgIpc) is 3.24. The Morgan fingerprint density at radius 1 is 1.22 bits per heavy atom. The number of hydrogen-bond donors (Lipinski definition) is 1. The molecule has 1 saturated carbocycles. The molecule has 1 atom stereocenters. The van der Waals surface area contributed by atoms with Crippen molar-refractivity contribution in [3.05, 3.63) is 47.6 Å². The van der Waals surface area contributed by atoms with E-state index in [4.69, 9.17) is 4.52 Å². The lowest BCUT2D eigenvalue weighted by Crippen LogP contribution is -2.37. The summed E-state index contributed by atoms with van der Waals surface area (Å²) in [4.78, 5) is 4.50. The lowest BCUT2D eigenvalue weighted by Gasteiger charge is -2.31. The fourth-order valence-corrected chi connectivity index (χ4v) is 3.62. The number of nitrogens with zero attached hydrogens (tertiary/aromatic N) is 2. The van der Waals surface area contributed by atoms with Crippen LogP contribution < -0.4 is 5.32 Å². The first-order chi connectivity index (χ1) is 11.2. The molecule has 0 saturated heterocycles. The van der Waals surface area contributed by atoms with Gasteiger partial charge in [-0.1, -0.05) is 55.3 Å². The normalized spacial score (nSPS) is 18.2. The molecule has 23 heavy (non-hydrogen) atoms. The zero-order chi connectivity index (χ0) is 16.1. The van der Waals surface area contributed by atoms with Crippen LogP contribution in [-0.2, 0) is 11.8 Å². The van der Waals surface area contributed by atoms with Gasteiger partial charge in [-0.2, -0.15) is 4.98 Å². The van der Waals surface area contributed by atoms with Crippen LogP contribution in [0, 0.1) is 0 Å². The smallest absolute Gasteiger partial charge is 0.243 e. The first-order valence-electron chi connectivity index (χ1n) is 8.85. The van der Waals surface area contributed by atoms with Gasteiger partial charge in [0.05, 0.1) is 6.04 Å². The molecule has 0 aliphatic heterocycles. The molecule has 1 aromatic carbocycles. The van der Waals surface area contributed by atoms with Crippen molar-refractivity contribution < 1.29 is 4.52 Å². The first kappa shape index (κ1) is 16.2. The molecule has 1 N–H and O–H groups in total. The summed E-state index contributed by atoms with van der Waals surface area (Å²) in [5.41, 5.74) is 1.70. The van der Waals surface area contributed by atoms with Crippen LogP contribution in [0.25, 0.3) is 0 Å². The van der Waals surface area contributed by atoms with Gasteiger partial charge in [0, 0.05) is 18.4 Å². The van der Waals surface area contributed by atoms with E-state index in [-0.39, 0.29) is 11.5 Å². The molecule has 1 fully saturated rings. The van der Waals surface area contributed by atoms with E-state index in [1.807, 2.05) is 0 Å². The highest BCUT2D eigenvalue weighted by atomic mass is 16.5. The average molecular weight is 313 g/mol. The summed E-state index contributed by atoms with van der Waals surface area (Å²) in [5.74, 6) is 1.52. The monoisotopic (exact) mass is 313 g/mol. The molecule has 1 aliphatic carbocycles. The predicted molar refractivity (Wildman–Crippen MR) is 91.3 cm³/mol. The van der Waals surface area contributed by atoms with Crippen molar-refractivity contribution in [2.45, 2.75) is 63.8 Å². The Balaban J connectivity index is 1.67. The molecule has 0 spiro atoms. The SMILES string of the molecule is CCCc1noc(C(C)NCC2(c3ccccc3)CCCC2)n1. The van der Waals surface area contributed by atoms with E-state index in [1.165, 1.54) is 31.2 Å². The van der Waals surface area contributed by atoms with Gasteiger partial charge < -0.3 is 9.84 Å². The van der Waals surface area contributed by atoms with Gasteiger partial charge in [-0.15, -0.1) is 0 Å². The quantitative estimate of drug-likeness (QED) is 0.833. The topological polar surface area (TPSA) is 51.0 Å². The number of nitrogens with one attached hydrogen (secondary N) is 1. The molecule has 4 heteroatoms. The molecule has 0 bridgehead atoms. The predicted octanol–water partition coefficient (Wildman–Crippen LogP) is 4.18. The lowest BCUT2D eigenvalue weighted by molar-refractivity contribution is 0.314. The highest BCUT2D eigenvalue weighted by molar-refractivity contribution is 5.27. The maximum atomic E-state index is 5.41. The fourth-order valence-electron chi connectivity index (χ4n) is 3.62.